The molecule has 0 aromatic heterocycles. The van der Waals surface area contributed by atoms with Gasteiger partial charge in [-0.2, -0.15) is 0 Å². The predicted molar refractivity (Wildman–Crippen MR) is 81.6 cm³/mol. The lowest BCUT2D eigenvalue weighted by atomic mass is 9.88. The fourth-order valence-corrected chi connectivity index (χ4v) is 2.41. The minimum Gasteiger partial charge on any atom is -0.320 e. The summed E-state index contributed by atoms with van der Waals surface area (Å²) in [7, 11) is 0. The van der Waals surface area contributed by atoms with Crippen molar-refractivity contribution in [1.82, 2.24) is 0 Å². The molecule has 1 heteroatoms. The molecule has 2 aromatic carbocycles. The highest BCUT2D eigenvalue weighted by atomic mass is 14.6. The second-order valence-electron chi connectivity index (χ2n) is 4.99. The lowest BCUT2D eigenvalue weighted by molar-refractivity contribution is 0.867. The first-order valence-electron chi connectivity index (χ1n) is 6.55. The maximum Gasteiger partial charge on any atom is 0.0557 e. The van der Waals surface area contributed by atoms with Crippen LogP contribution in [0.4, 0.5) is 0 Å². The third-order valence-electron chi connectivity index (χ3n) is 3.56. The Balaban J connectivity index is 1.98. The van der Waals surface area contributed by atoms with Gasteiger partial charge in [-0.1, -0.05) is 66.2 Å². The third-order valence-corrected chi connectivity index (χ3v) is 3.56. The molecule has 1 nitrogen and oxygen atoms in total. The van der Waals surface area contributed by atoms with Crippen LogP contribution >= 0.6 is 0 Å². The van der Waals surface area contributed by atoms with Crippen molar-refractivity contribution in [1.29, 1.82) is 0 Å². The zero-order chi connectivity index (χ0) is 13.2. The van der Waals surface area contributed by atoms with Crippen molar-refractivity contribution in [2.75, 3.05) is 0 Å². The van der Waals surface area contributed by atoms with E-state index in [1.54, 1.807) is 0 Å². The topological polar surface area (TPSA) is 26.0 Å². The summed E-state index contributed by atoms with van der Waals surface area (Å²) in [6, 6.07) is 16.8. The quantitative estimate of drug-likeness (QED) is 0.806. The SMILES string of the molecule is Cc1ccc(C=C2C=Cc3ccccc3C2N)cc1. The van der Waals surface area contributed by atoms with Crippen molar-refractivity contribution >= 4 is 12.2 Å². The first-order chi connectivity index (χ1) is 9.24. The first-order valence-corrected chi connectivity index (χ1v) is 6.55. The van der Waals surface area contributed by atoms with Crippen LogP contribution in [0.1, 0.15) is 28.3 Å². The van der Waals surface area contributed by atoms with E-state index in [1.807, 2.05) is 12.1 Å². The Morgan fingerprint density at radius 3 is 2.47 bits per heavy atom. The third kappa shape index (κ3) is 2.38. The molecule has 0 bridgehead atoms. The van der Waals surface area contributed by atoms with Gasteiger partial charge in [-0.05, 0) is 35.3 Å². The first kappa shape index (κ1) is 11.9. The molecule has 2 N–H and O–H groups in total. The van der Waals surface area contributed by atoms with Crippen LogP contribution in [-0.2, 0) is 0 Å². The van der Waals surface area contributed by atoms with Gasteiger partial charge in [0.15, 0.2) is 0 Å². The highest BCUT2D eigenvalue weighted by molar-refractivity contribution is 5.69. The molecule has 2 aromatic rings. The molecule has 1 aliphatic rings. The van der Waals surface area contributed by atoms with Gasteiger partial charge in [0.25, 0.3) is 0 Å². The van der Waals surface area contributed by atoms with Crippen LogP contribution in [0, 0.1) is 6.92 Å². The molecule has 0 saturated carbocycles. The van der Waals surface area contributed by atoms with Crippen LogP contribution in [0.5, 0.6) is 0 Å². The minimum atomic E-state index is -0.0393. The Kier molecular flexibility index (Phi) is 3.06. The molecule has 0 saturated heterocycles. The molecule has 0 radical (unpaired) electrons. The zero-order valence-corrected chi connectivity index (χ0v) is 11.0. The van der Waals surface area contributed by atoms with Crippen LogP contribution in [-0.4, -0.2) is 0 Å². The Morgan fingerprint density at radius 2 is 1.68 bits per heavy atom. The summed E-state index contributed by atoms with van der Waals surface area (Å²) in [5.74, 6) is 0. The molecular formula is C18H17N. The Hall–Kier alpha value is -2.12. The maximum atomic E-state index is 6.35. The molecule has 0 fully saturated rings. The molecule has 3 rings (SSSR count). The minimum absolute atomic E-state index is 0.0393. The number of nitrogens with two attached hydrogens (primary N) is 1. The molecule has 1 aliphatic carbocycles. The highest BCUT2D eigenvalue weighted by Gasteiger charge is 2.16. The van der Waals surface area contributed by atoms with Gasteiger partial charge in [0, 0.05) is 0 Å². The van der Waals surface area contributed by atoms with Gasteiger partial charge >= 0.3 is 0 Å². The Bertz CT molecular complexity index is 648. The van der Waals surface area contributed by atoms with Crippen molar-refractivity contribution < 1.29 is 0 Å². The van der Waals surface area contributed by atoms with Crippen molar-refractivity contribution in [3.05, 3.63) is 82.4 Å². The van der Waals surface area contributed by atoms with Crippen LogP contribution < -0.4 is 5.73 Å². The summed E-state index contributed by atoms with van der Waals surface area (Å²) >= 11 is 0. The zero-order valence-electron chi connectivity index (χ0n) is 11.0. The van der Waals surface area contributed by atoms with Gasteiger partial charge in [0.1, 0.15) is 0 Å². The van der Waals surface area contributed by atoms with E-state index in [1.165, 1.54) is 22.3 Å². The lowest BCUT2D eigenvalue weighted by Gasteiger charge is -2.20. The van der Waals surface area contributed by atoms with Crippen molar-refractivity contribution in [3.63, 3.8) is 0 Å². The fourth-order valence-electron chi connectivity index (χ4n) is 2.41. The number of rotatable bonds is 1. The van der Waals surface area contributed by atoms with Crippen LogP contribution in [0.2, 0.25) is 0 Å². The van der Waals surface area contributed by atoms with Gasteiger partial charge in [0.05, 0.1) is 6.04 Å². The molecule has 94 valence electrons. The summed E-state index contributed by atoms with van der Waals surface area (Å²) in [6.45, 7) is 2.10. The smallest absolute Gasteiger partial charge is 0.0557 e. The molecule has 1 atom stereocenters. The van der Waals surface area contributed by atoms with E-state index in [2.05, 4.69) is 61.5 Å². The number of hydrogen-bond acceptors (Lipinski definition) is 1. The van der Waals surface area contributed by atoms with Crippen LogP contribution in [0.25, 0.3) is 12.2 Å². The molecule has 0 heterocycles. The molecular weight excluding hydrogens is 230 g/mol. The summed E-state index contributed by atoms with van der Waals surface area (Å²) in [5, 5.41) is 0. The van der Waals surface area contributed by atoms with Gasteiger partial charge in [-0.25, -0.2) is 0 Å². The van der Waals surface area contributed by atoms with Gasteiger partial charge in [-0.15, -0.1) is 0 Å². The molecule has 0 aliphatic heterocycles. The highest BCUT2D eigenvalue weighted by Crippen LogP contribution is 2.30. The fraction of sp³-hybridized carbons (Fsp3) is 0.111. The summed E-state index contributed by atoms with van der Waals surface area (Å²) in [4.78, 5) is 0. The summed E-state index contributed by atoms with van der Waals surface area (Å²) < 4.78 is 0. The second-order valence-corrected chi connectivity index (χ2v) is 4.99. The number of hydrogen-bond donors (Lipinski definition) is 1. The summed E-state index contributed by atoms with van der Waals surface area (Å²) in [6.07, 6.45) is 6.42. The Morgan fingerprint density at radius 1 is 0.947 bits per heavy atom. The molecule has 0 spiro atoms. The Labute approximate surface area is 114 Å². The lowest BCUT2D eigenvalue weighted by Crippen LogP contribution is -2.15. The predicted octanol–water partition coefficient (Wildman–Crippen LogP) is 4.11. The van der Waals surface area contributed by atoms with E-state index < -0.39 is 0 Å². The van der Waals surface area contributed by atoms with E-state index in [9.17, 15) is 0 Å². The van der Waals surface area contributed by atoms with Gasteiger partial charge in [0.2, 0.25) is 0 Å². The largest absolute Gasteiger partial charge is 0.320 e. The van der Waals surface area contributed by atoms with Crippen molar-refractivity contribution in [3.8, 4) is 0 Å². The number of aryl methyl sites for hydroxylation is 1. The van der Waals surface area contributed by atoms with Crippen LogP contribution in [0.3, 0.4) is 0 Å². The number of benzene rings is 2. The molecule has 0 amide bonds. The molecule has 1 unspecified atom stereocenters. The summed E-state index contributed by atoms with van der Waals surface area (Å²) in [5.41, 5.74) is 12.4. The van der Waals surface area contributed by atoms with Gasteiger partial charge < -0.3 is 5.73 Å². The average molecular weight is 247 g/mol. The van der Waals surface area contributed by atoms with Crippen molar-refractivity contribution in [2.24, 2.45) is 5.73 Å². The molecule has 19 heavy (non-hydrogen) atoms. The standard InChI is InChI=1S/C18H17N/c1-13-6-8-14(9-7-13)12-16-11-10-15-4-2-3-5-17(15)18(16)19/h2-12,18H,19H2,1H3. The van der Waals surface area contributed by atoms with Crippen molar-refractivity contribution in [2.45, 2.75) is 13.0 Å². The van der Waals surface area contributed by atoms with E-state index in [4.69, 9.17) is 5.73 Å². The van der Waals surface area contributed by atoms with E-state index in [0.29, 0.717) is 0 Å². The maximum absolute atomic E-state index is 6.35. The van der Waals surface area contributed by atoms with Gasteiger partial charge in [-0.3, -0.25) is 0 Å². The normalized spacial score (nSPS) is 19.5. The van der Waals surface area contributed by atoms with E-state index >= 15 is 0 Å². The second kappa shape index (κ2) is 4.87. The number of fused-ring (bicyclic) bond motifs is 1. The van der Waals surface area contributed by atoms with E-state index in [0.717, 1.165) is 5.57 Å². The van der Waals surface area contributed by atoms with Crippen LogP contribution in [0.15, 0.2) is 60.2 Å². The van der Waals surface area contributed by atoms with E-state index in [-0.39, 0.29) is 6.04 Å². The average Bonchev–Trinajstić information content (AvgIpc) is 2.45. The monoisotopic (exact) mass is 247 g/mol.